The van der Waals surface area contributed by atoms with Gasteiger partial charge in [-0.3, -0.25) is 9.78 Å². The van der Waals surface area contributed by atoms with Crippen molar-refractivity contribution in [1.29, 1.82) is 0 Å². The van der Waals surface area contributed by atoms with Crippen LogP contribution in [0, 0.1) is 6.92 Å². The number of aromatic nitrogens is 1. The van der Waals surface area contributed by atoms with Crippen molar-refractivity contribution in [3.05, 3.63) is 53.9 Å². The van der Waals surface area contributed by atoms with E-state index in [9.17, 15) is 9.59 Å². The number of aryl methyl sites for hydroxylation is 1. The first-order chi connectivity index (χ1) is 13.5. The standard InChI is InChI=1S/C21H26N4O3/c1-3-28-21(27)25-10-8-18(9-11-25)23-19-12-16(13-22-14-19)20(26)24-17-6-4-15(2)5-7-17/h4-7,12-14,18,23H,3,8-11H2,1-2H3,(H,24,26). The van der Waals surface area contributed by atoms with Crippen molar-refractivity contribution in [1.82, 2.24) is 9.88 Å². The lowest BCUT2D eigenvalue weighted by Gasteiger charge is -2.32. The minimum atomic E-state index is -0.252. The molecule has 0 bridgehead atoms. The number of rotatable bonds is 5. The van der Waals surface area contributed by atoms with Crippen LogP contribution in [0.3, 0.4) is 0 Å². The van der Waals surface area contributed by atoms with Crippen molar-refractivity contribution >= 4 is 23.4 Å². The van der Waals surface area contributed by atoms with E-state index in [0.29, 0.717) is 25.3 Å². The second-order valence-corrected chi connectivity index (χ2v) is 6.89. The molecular weight excluding hydrogens is 356 g/mol. The van der Waals surface area contributed by atoms with Gasteiger partial charge < -0.3 is 20.3 Å². The maximum atomic E-state index is 12.5. The minimum absolute atomic E-state index is 0.197. The number of likely N-dealkylation sites (tertiary alicyclic amines) is 1. The molecule has 3 rings (SSSR count). The predicted octanol–water partition coefficient (Wildman–Crippen LogP) is 3.68. The van der Waals surface area contributed by atoms with Gasteiger partial charge >= 0.3 is 6.09 Å². The number of hydrogen-bond donors (Lipinski definition) is 2. The van der Waals surface area contributed by atoms with Gasteiger partial charge in [-0.15, -0.1) is 0 Å². The van der Waals surface area contributed by atoms with Crippen LogP contribution < -0.4 is 10.6 Å². The lowest BCUT2D eigenvalue weighted by molar-refractivity contribution is 0.0981. The molecule has 2 heterocycles. The highest BCUT2D eigenvalue weighted by Gasteiger charge is 2.23. The highest BCUT2D eigenvalue weighted by molar-refractivity contribution is 6.04. The fraction of sp³-hybridized carbons (Fsp3) is 0.381. The zero-order valence-electron chi connectivity index (χ0n) is 16.3. The maximum Gasteiger partial charge on any atom is 0.409 e. The summed E-state index contributed by atoms with van der Waals surface area (Å²) < 4.78 is 5.04. The van der Waals surface area contributed by atoms with Gasteiger partial charge in [0, 0.05) is 37.2 Å². The molecule has 0 saturated carbocycles. The summed E-state index contributed by atoms with van der Waals surface area (Å²) in [6.07, 6.45) is 4.65. The molecule has 1 aliphatic rings. The molecule has 2 aromatic rings. The molecule has 0 radical (unpaired) electrons. The maximum absolute atomic E-state index is 12.5. The smallest absolute Gasteiger partial charge is 0.409 e. The molecule has 0 aliphatic carbocycles. The van der Waals surface area contributed by atoms with Crippen LogP contribution in [0.5, 0.6) is 0 Å². The van der Waals surface area contributed by atoms with Crippen molar-refractivity contribution in [3.63, 3.8) is 0 Å². The Bertz CT molecular complexity index is 815. The molecule has 2 N–H and O–H groups in total. The number of nitrogens with one attached hydrogen (secondary N) is 2. The predicted molar refractivity (Wildman–Crippen MR) is 109 cm³/mol. The van der Waals surface area contributed by atoms with Crippen molar-refractivity contribution in [2.24, 2.45) is 0 Å². The van der Waals surface area contributed by atoms with Crippen LogP contribution in [0.25, 0.3) is 0 Å². The van der Waals surface area contributed by atoms with E-state index in [1.807, 2.05) is 31.2 Å². The zero-order valence-corrected chi connectivity index (χ0v) is 16.3. The van der Waals surface area contributed by atoms with E-state index in [0.717, 1.165) is 29.8 Å². The summed E-state index contributed by atoms with van der Waals surface area (Å²) in [6, 6.07) is 9.68. The van der Waals surface area contributed by atoms with Crippen LogP contribution in [0.2, 0.25) is 0 Å². The van der Waals surface area contributed by atoms with Crippen LogP contribution in [0.4, 0.5) is 16.2 Å². The summed E-state index contributed by atoms with van der Waals surface area (Å²) in [5.41, 5.74) is 3.18. The molecule has 2 amide bonds. The number of nitrogens with zero attached hydrogens (tertiary/aromatic N) is 2. The summed E-state index contributed by atoms with van der Waals surface area (Å²) in [7, 11) is 0. The zero-order chi connectivity index (χ0) is 19.9. The molecule has 1 fully saturated rings. The molecule has 28 heavy (non-hydrogen) atoms. The number of carbonyl (C=O) groups excluding carboxylic acids is 2. The van der Waals surface area contributed by atoms with E-state index in [4.69, 9.17) is 4.74 Å². The summed E-state index contributed by atoms with van der Waals surface area (Å²) in [5, 5.41) is 6.30. The number of benzene rings is 1. The van der Waals surface area contributed by atoms with Gasteiger partial charge in [-0.25, -0.2) is 4.79 Å². The second-order valence-electron chi connectivity index (χ2n) is 6.89. The third-order valence-electron chi connectivity index (χ3n) is 4.70. The van der Waals surface area contributed by atoms with Gasteiger partial charge in [0.15, 0.2) is 0 Å². The molecule has 7 nitrogen and oxygen atoms in total. The molecule has 0 atom stereocenters. The SMILES string of the molecule is CCOC(=O)N1CCC(Nc2cncc(C(=O)Nc3ccc(C)cc3)c2)CC1. The lowest BCUT2D eigenvalue weighted by atomic mass is 10.1. The molecule has 1 aromatic heterocycles. The summed E-state index contributed by atoms with van der Waals surface area (Å²) >= 11 is 0. The molecule has 148 valence electrons. The fourth-order valence-electron chi connectivity index (χ4n) is 3.14. The van der Waals surface area contributed by atoms with Crippen LogP contribution in [-0.2, 0) is 4.74 Å². The Labute approximate surface area is 165 Å². The highest BCUT2D eigenvalue weighted by atomic mass is 16.6. The first-order valence-electron chi connectivity index (χ1n) is 9.56. The van der Waals surface area contributed by atoms with E-state index in [-0.39, 0.29) is 18.0 Å². The Balaban J connectivity index is 1.55. The number of amides is 2. The first kappa shape index (κ1) is 19.7. The van der Waals surface area contributed by atoms with Crippen molar-refractivity contribution in [2.75, 3.05) is 30.3 Å². The molecular formula is C21H26N4O3. The van der Waals surface area contributed by atoms with Crippen LogP contribution >= 0.6 is 0 Å². The van der Waals surface area contributed by atoms with Gasteiger partial charge in [0.1, 0.15) is 0 Å². The quantitative estimate of drug-likeness (QED) is 0.824. The average molecular weight is 382 g/mol. The third-order valence-corrected chi connectivity index (χ3v) is 4.70. The van der Waals surface area contributed by atoms with Gasteiger partial charge in [0.25, 0.3) is 5.91 Å². The Morgan fingerprint density at radius 1 is 1.14 bits per heavy atom. The fourth-order valence-corrected chi connectivity index (χ4v) is 3.14. The first-order valence-corrected chi connectivity index (χ1v) is 9.56. The number of pyridine rings is 1. The third kappa shape index (κ3) is 5.22. The average Bonchev–Trinajstić information content (AvgIpc) is 2.70. The van der Waals surface area contributed by atoms with E-state index >= 15 is 0 Å². The molecule has 7 heteroatoms. The molecule has 1 saturated heterocycles. The highest BCUT2D eigenvalue weighted by Crippen LogP contribution is 2.18. The van der Waals surface area contributed by atoms with Gasteiger partial charge in [-0.1, -0.05) is 17.7 Å². The number of hydrogen-bond acceptors (Lipinski definition) is 5. The summed E-state index contributed by atoms with van der Waals surface area (Å²) in [6.45, 7) is 5.50. The van der Waals surface area contributed by atoms with Crippen LogP contribution in [0.1, 0.15) is 35.7 Å². The van der Waals surface area contributed by atoms with E-state index in [1.165, 1.54) is 0 Å². The van der Waals surface area contributed by atoms with Crippen molar-refractivity contribution < 1.29 is 14.3 Å². The Hall–Kier alpha value is -3.09. The normalized spacial score (nSPS) is 14.4. The topological polar surface area (TPSA) is 83.6 Å². The van der Waals surface area contributed by atoms with Crippen molar-refractivity contribution in [2.45, 2.75) is 32.7 Å². The molecule has 0 unspecified atom stereocenters. The molecule has 1 aliphatic heterocycles. The molecule has 0 spiro atoms. The largest absolute Gasteiger partial charge is 0.450 e. The van der Waals surface area contributed by atoms with Crippen LogP contribution in [-0.4, -0.2) is 47.6 Å². The van der Waals surface area contributed by atoms with E-state index < -0.39 is 0 Å². The van der Waals surface area contributed by atoms with E-state index in [1.54, 1.807) is 30.3 Å². The Kier molecular flexibility index (Phi) is 6.47. The number of piperidine rings is 1. The number of anilines is 2. The monoisotopic (exact) mass is 382 g/mol. The second kappa shape index (κ2) is 9.21. The lowest BCUT2D eigenvalue weighted by Crippen LogP contribution is -2.42. The number of carbonyl (C=O) groups is 2. The van der Waals surface area contributed by atoms with Gasteiger partial charge in [-0.2, -0.15) is 0 Å². The summed E-state index contributed by atoms with van der Waals surface area (Å²) in [5.74, 6) is -0.197. The Morgan fingerprint density at radius 2 is 1.86 bits per heavy atom. The Morgan fingerprint density at radius 3 is 2.54 bits per heavy atom. The molecule has 1 aromatic carbocycles. The van der Waals surface area contributed by atoms with Crippen molar-refractivity contribution in [3.8, 4) is 0 Å². The van der Waals surface area contributed by atoms with Gasteiger partial charge in [0.2, 0.25) is 0 Å². The summed E-state index contributed by atoms with van der Waals surface area (Å²) in [4.78, 5) is 30.2. The number of ether oxygens (including phenoxy) is 1. The van der Waals surface area contributed by atoms with Gasteiger partial charge in [0.05, 0.1) is 17.9 Å². The van der Waals surface area contributed by atoms with E-state index in [2.05, 4.69) is 15.6 Å². The van der Waals surface area contributed by atoms with Crippen LogP contribution in [0.15, 0.2) is 42.7 Å². The van der Waals surface area contributed by atoms with Gasteiger partial charge in [-0.05, 0) is 44.9 Å². The minimum Gasteiger partial charge on any atom is -0.450 e.